The number of hydrogen-bond donors (Lipinski definition) is 0. The summed E-state index contributed by atoms with van der Waals surface area (Å²) in [7, 11) is 0. The van der Waals surface area contributed by atoms with Gasteiger partial charge in [0, 0.05) is 0 Å². The van der Waals surface area contributed by atoms with Crippen molar-refractivity contribution in [1.29, 1.82) is 0 Å². The van der Waals surface area contributed by atoms with Gasteiger partial charge in [-0.25, -0.2) is 43.2 Å². The normalized spacial score (nSPS) is 21.3. The lowest BCUT2D eigenvalue weighted by molar-refractivity contribution is 0.0653. The predicted molar refractivity (Wildman–Crippen MR) is 131 cm³/mol. The van der Waals surface area contributed by atoms with Crippen molar-refractivity contribution >= 4 is 68.6 Å². The van der Waals surface area contributed by atoms with E-state index < -0.39 is 66.9 Å². The fourth-order valence-electron chi connectivity index (χ4n) is 3.66. The van der Waals surface area contributed by atoms with E-state index in [0.29, 0.717) is 0 Å². The molecule has 3 unspecified atom stereocenters. The van der Waals surface area contributed by atoms with Crippen molar-refractivity contribution in [2.75, 3.05) is 0 Å². The van der Waals surface area contributed by atoms with Gasteiger partial charge in [0.15, 0.2) is 0 Å². The van der Waals surface area contributed by atoms with Gasteiger partial charge in [-0.3, -0.25) is 0 Å². The van der Waals surface area contributed by atoms with Crippen molar-refractivity contribution in [2.45, 2.75) is 18.3 Å². The molecule has 192 valence electrons. The van der Waals surface area contributed by atoms with Crippen molar-refractivity contribution < 1.29 is 54.5 Å². The molecule has 0 amide bonds. The topological polar surface area (TPSA) is 181 Å². The molecule has 0 heterocycles. The van der Waals surface area contributed by atoms with Crippen LogP contribution in [0.4, 0.5) is 0 Å². The Bertz CT molecular complexity index is 1530. The van der Waals surface area contributed by atoms with Crippen LogP contribution >= 0.6 is 0 Å². The Hall–Kier alpha value is -5.32. The monoisotopic (exact) mass is 552 g/mol. The summed E-state index contributed by atoms with van der Waals surface area (Å²) in [6, 6.07) is 0. The fourth-order valence-corrected chi connectivity index (χ4v) is 5.25. The zero-order valence-electron chi connectivity index (χ0n) is 19.7. The van der Waals surface area contributed by atoms with Gasteiger partial charge in [-0.1, -0.05) is 18.2 Å². The molecule has 0 aromatic carbocycles. The Morgan fingerprint density at radius 2 is 0.700 bits per heavy atom. The van der Waals surface area contributed by atoms with E-state index in [0.717, 1.165) is 36.5 Å². The lowest BCUT2D eigenvalue weighted by Gasteiger charge is -2.29. The Morgan fingerprint density at radius 3 is 0.900 bits per heavy atom. The van der Waals surface area contributed by atoms with Crippen molar-refractivity contribution in [2.24, 2.45) is 0 Å². The van der Waals surface area contributed by atoms with Crippen LogP contribution in [-0.2, 0) is 54.5 Å². The fraction of sp³-hybridized carbons (Fsp3) is 0.111. The first-order valence-corrected chi connectivity index (χ1v) is 12.1. The van der Waals surface area contributed by atoms with Gasteiger partial charge in [0.05, 0.1) is 68.5 Å². The van der Waals surface area contributed by atoms with Crippen LogP contribution in [0.1, 0.15) is 0 Å². The summed E-state index contributed by atoms with van der Waals surface area (Å²) in [5.74, 6) is 13.0. The number of rotatable bonds is 6. The first-order chi connectivity index (χ1) is 19.4. The summed E-state index contributed by atoms with van der Waals surface area (Å²) >= 11 is -3.82. The van der Waals surface area contributed by atoms with Gasteiger partial charge in [0.25, 0.3) is 0 Å². The van der Waals surface area contributed by atoms with Crippen molar-refractivity contribution in [3.05, 3.63) is 86.6 Å². The molecule has 0 saturated carbocycles. The Labute approximate surface area is 227 Å². The molecule has 0 spiro atoms. The number of carbonyl (C=O) groups excluding carboxylic acids is 9. The minimum Gasteiger partial charge on any atom is -0.444 e. The molecule has 3 aliphatic rings. The summed E-state index contributed by atoms with van der Waals surface area (Å²) in [5, 5.41) is 0. The summed E-state index contributed by atoms with van der Waals surface area (Å²) in [5.41, 5.74) is -3.97. The molecule has 0 radical (unpaired) electrons. The van der Waals surface area contributed by atoms with Crippen molar-refractivity contribution in [3.8, 4) is 0 Å². The van der Waals surface area contributed by atoms with E-state index >= 15 is 0 Å². The standard InChI is InChI=1S/3C9H3O4.Al/c3*10-3-6-1-2-9(13)8(5-12)7(6)4-11;/h3*1-2,9H;/q3*-1;+3. The van der Waals surface area contributed by atoms with E-state index in [2.05, 4.69) is 0 Å². The van der Waals surface area contributed by atoms with E-state index in [9.17, 15) is 43.2 Å². The third-order valence-electron chi connectivity index (χ3n) is 5.52. The average Bonchev–Trinajstić information content (AvgIpc) is 2.99. The van der Waals surface area contributed by atoms with E-state index in [1.54, 1.807) is 0 Å². The van der Waals surface area contributed by atoms with E-state index in [4.69, 9.17) is 11.4 Å². The van der Waals surface area contributed by atoms with Gasteiger partial charge in [-0.15, -0.1) is 0 Å². The van der Waals surface area contributed by atoms with Crippen LogP contribution in [0.15, 0.2) is 86.6 Å². The van der Waals surface area contributed by atoms with Gasteiger partial charge in [-0.05, 0) is 18.2 Å². The first kappa shape index (κ1) is 29.2. The third kappa shape index (κ3) is 5.73. The molecule has 0 aromatic heterocycles. The maximum absolute atomic E-state index is 11.7. The highest BCUT2D eigenvalue weighted by Crippen LogP contribution is 2.31. The summed E-state index contributed by atoms with van der Waals surface area (Å²) < 4.78 is 17.3. The predicted octanol–water partition coefficient (Wildman–Crippen LogP) is -1.34. The lowest BCUT2D eigenvalue weighted by Crippen LogP contribution is -2.41. The van der Waals surface area contributed by atoms with Gasteiger partial charge < -0.3 is 11.4 Å². The van der Waals surface area contributed by atoms with Crippen LogP contribution in [0.3, 0.4) is 0 Å². The molecule has 13 heteroatoms. The maximum Gasteiger partial charge on any atom is 0.907 e. The third-order valence-corrected chi connectivity index (χ3v) is 7.07. The SMILES string of the molecule is O=C=C1C=CC([O][Al]([O]C2C=CC(=C=O)C(=C=O)C2=C=O)[O]C2C=CC(=C=O)C(=C=O)C2=C=O)C(=C=O)C1=C=O. The highest BCUT2D eigenvalue weighted by molar-refractivity contribution is 6.37. The van der Waals surface area contributed by atoms with Crippen LogP contribution in [0.25, 0.3) is 0 Å². The highest BCUT2D eigenvalue weighted by atomic mass is 27.3. The van der Waals surface area contributed by atoms with Crippen molar-refractivity contribution in [3.63, 3.8) is 0 Å². The lowest BCUT2D eigenvalue weighted by atomic mass is 9.91. The van der Waals surface area contributed by atoms with E-state index in [1.807, 2.05) is 0 Å². The largest absolute Gasteiger partial charge is 0.907 e. The average molecular weight is 552 g/mol. The summed E-state index contributed by atoms with van der Waals surface area (Å²) in [6.45, 7) is 0. The zero-order valence-corrected chi connectivity index (χ0v) is 20.8. The second-order valence-electron chi connectivity index (χ2n) is 7.56. The minimum absolute atomic E-state index is 0.320. The van der Waals surface area contributed by atoms with Crippen LogP contribution in [0, 0.1) is 0 Å². The number of allylic oxidation sites excluding steroid dienone is 6. The molecular formula is C27H9AlO12. The van der Waals surface area contributed by atoms with Crippen LogP contribution in [0.5, 0.6) is 0 Å². The Balaban J connectivity index is 2.10. The second-order valence-corrected chi connectivity index (χ2v) is 8.96. The van der Waals surface area contributed by atoms with Crippen LogP contribution < -0.4 is 0 Å². The molecule has 0 saturated heterocycles. The molecule has 12 nitrogen and oxygen atoms in total. The highest BCUT2D eigenvalue weighted by Gasteiger charge is 2.44. The molecule has 0 bridgehead atoms. The van der Waals surface area contributed by atoms with E-state index in [-0.39, 0.29) is 16.7 Å². The van der Waals surface area contributed by atoms with Gasteiger partial charge >= 0.3 is 15.1 Å². The van der Waals surface area contributed by atoms with Gasteiger partial charge in [-0.2, -0.15) is 0 Å². The molecule has 0 aromatic rings. The van der Waals surface area contributed by atoms with Crippen LogP contribution in [-0.4, -0.2) is 86.9 Å². The van der Waals surface area contributed by atoms with E-state index in [1.165, 1.54) is 53.5 Å². The molecule has 0 fully saturated rings. The summed E-state index contributed by atoms with van der Waals surface area (Å²) in [4.78, 5) is 103. The maximum atomic E-state index is 11.7. The summed E-state index contributed by atoms with van der Waals surface area (Å²) in [6.07, 6.45) is 2.45. The number of hydrogen-bond acceptors (Lipinski definition) is 12. The van der Waals surface area contributed by atoms with Gasteiger partial charge in [0.2, 0.25) is 0 Å². The van der Waals surface area contributed by atoms with Gasteiger partial charge in [0.1, 0.15) is 53.5 Å². The Morgan fingerprint density at radius 1 is 0.425 bits per heavy atom. The van der Waals surface area contributed by atoms with Crippen molar-refractivity contribution in [1.82, 2.24) is 0 Å². The first-order valence-electron chi connectivity index (χ1n) is 10.7. The molecule has 3 atom stereocenters. The molecular weight excluding hydrogens is 543 g/mol. The molecule has 0 aliphatic heterocycles. The molecule has 40 heavy (non-hydrogen) atoms. The van der Waals surface area contributed by atoms with Crippen LogP contribution in [0.2, 0.25) is 0 Å². The zero-order chi connectivity index (χ0) is 29.2. The molecule has 0 N–H and O–H groups in total. The minimum atomic E-state index is -3.82. The quantitative estimate of drug-likeness (QED) is 0.280. The molecule has 3 rings (SSSR count). The second kappa shape index (κ2) is 13.5. The smallest absolute Gasteiger partial charge is 0.444 e. The molecule has 3 aliphatic carbocycles. The Kier molecular flexibility index (Phi) is 9.85.